The highest BCUT2D eigenvalue weighted by Gasteiger charge is 2.06. The van der Waals surface area contributed by atoms with Gasteiger partial charge < -0.3 is 5.73 Å². The summed E-state index contributed by atoms with van der Waals surface area (Å²) >= 11 is 4.89. The zero-order valence-corrected chi connectivity index (χ0v) is 10.1. The van der Waals surface area contributed by atoms with Crippen LogP contribution in [0, 0.1) is 0 Å². The molecule has 0 aliphatic carbocycles. The summed E-state index contributed by atoms with van der Waals surface area (Å²) in [6, 6.07) is 11.3. The number of hydrogen-bond acceptors (Lipinski definition) is 4. The van der Waals surface area contributed by atoms with Gasteiger partial charge in [0.25, 0.3) is 0 Å². The lowest BCUT2D eigenvalue weighted by Crippen LogP contribution is -2.10. The summed E-state index contributed by atoms with van der Waals surface area (Å²) in [5, 5.41) is 8.16. The summed E-state index contributed by atoms with van der Waals surface area (Å²) in [4.78, 5) is 4.62. The summed E-state index contributed by atoms with van der Waals surface area (Å²) in [7, 11) is 0. The molecule has 6 heteroatoms. The van der Waals surface area contributed by atoms with E-state index < -0.39 is 0 Å². The van der Waals surface area contributed by atoms with Crippen LogP contribution < -0.4 is 5.73 Å². The zero-order chi connectivity index (χ0) is 12.5. The molecule has 2 heterocycles. The number of pyridine rings is 1. The van der Waals surface area contributed by atoms with Crippen molar-refractivity contribution in [1.29, 1.82) is 0 Å². The van der Waals surface area contributed by atoms with Crippen molar-refractivity contribution < 1.29 is 0 Å². The summed E-state index contributed by atoms with van der Waals surface area (Å²) < 4.78 is 1.68. The van der Waals surface area contributed by atoms with Crippen molar-refractivity contribution in [2.75, 3.05) is 0 Å². The van der Waals surface area contributed by atoms with Crippen LogP contribution in [0.1, 0.15) is 5.56 Å². The van der Waals surface area contributed by atoms with Crippen LogP contribution in [0.25, 0.3) is 16.9 Å². The van der Waals surface area contributed by atoms with Crippen molar-refractivity contribution in [3.05, 3.63) is 48.2 Å². The Morgan fingerprint density at radius 1 is 1.17 bits per heavy atom. The Balaban J connectivity index is 2.12. The average molecular weight is 255 g/mol. The minimum Gasteiger partial charge on any atom is -0.389 e. The molecular formula is C12H9N5S. The molecule has 0 bridgehead atoms. The highest BCUT2D eigenvalue weighted by Crippen LogP contribution is 2.14. The van der Waals surface area contributed by atoms with Gasteiger partial charge in [-0.1, -0.05) is 29.6 Å². The first kappa shape index (κ1) is 10.8. The number of nitrogens with two attached hydrogens (primary N) is 1. The fraction of sp³-hybridized carbons (Fsp3) is 0. The third-order valence-corrected chi connectivity index (χ3v) is 2.84. The molecule has 0 aliphatic rings. The summed E-state index contributed by atoms with van der Waals surface area (Å²) in [5.74, 6) is 0.684. The first-order chi connectivity index (χ1) is 8.75. The maximum atomic E-state index is 5.53. The van der Waals surface area contributed by atoms with Crippen LogP contribution in [0.5, 0.6) is 0 Å². The van der Waals surface area contributed by atoms with E-state index in [1.165, 1.54) is 0 Å². The minimum atomic E-state index is 0.331. The SMILES string of the molecule is NC(=S)c1ccc(-n2nnc3ccccc32)nc1. The van der Waals surface area contributed by atoms with Crippen LogP contribution >= 0.6 is 12.2 Å². The van der Waals surface area contributed by atoms with Crippen LogP contribution in [0.15, 0.2) is 42.6 Å². The lowest BCUT2D eigenvalue weighted by atomic mass is 10.3. The molecule has 5 nitrogen and oxygen atoms in total. The van der Waals surface area contributed by atoms with E-state index in [9.17, 15) is 0 Å². The first-order valence-electron chi connectivity index (χ1n) is 5.32. The number of nitrogens with zero attached hydrogens (tertiary/aromatic N) is 4. The molecule has 0 saturated carbocycles. The normalized spacial score (nSPS) is 10.7. The van der Waals surface area contributed by atoms with E-state index in [4.69, 9.17) is 18.0 Å². The van der Waals surface area contributed by atoms with Crippen LogP contribution in [0.3, 0.4) is 0 Å². The Labute approximate surface area is 108 Å². The van der Waals surface area contributed by atoms with Crippen molar-refractivity contribution in [2.24, 2.45) is 5.73 Å². The Hall–Kier alpha value is -2.34. The number of thiocarbonyl (C=S) groups is 1. The maximum Gasteiger partial charge on any atom is 0.155 e. The van der Waals surface area contributed by atoms with Gasteiger partial charge in [-0.15, -0.1) is 5.10 Å². The van der Waals surface area contributed by atoms with E-state index in [2.05, 4.69) is 15.3 Å². The number of aromatic nitrogens is 4. The van der Waals surface area contributed by atoms with E-state index in [1.54, 1.807) is 10.9 Å². The molecule has 88 valence electrons. The minimum absolute atomic E-state index is 0.331. The zero-order valence-electron chi connectivity index (χ0n) is 9.32. The molecule has 0 fully saturated rings. The van der Waals surface area contributed by atoms with Gasteiger partial charge in [-0.2, -0.15) is 4.68 Å². The van der Waals surface area contributed by atoms with Gasteiger partial charge >= 0.3 is 0 Å². The predicted molar refractivity (Wildman–Crippen MR) is 72.5 cm³/mol. The van der Waals surface area contributed by atoms with E-state index in [0.29, 0.717) is 10.8 Å². The van der Waals surface area contributed by atoms with Crippen LogP contribution in [0.4, 0.5) is 0 Å². The second-order valence-electron chi connectivity index (χ2n) is 3.76. The molecule has 1 aromatic carbocycles. The number of benzene rings is 1. The van der Waals surface area contributed by atoms with E-state index in [1.807, 2.05) is 36.4 Å². The number of hydrogen-bond donors (Lipinski definition) is 1. The second kappa shape index (κ2) is 4.15. The quantitative estimate of drug-likeness (QED) is 0.702. The van der Waals surface area contributed by atoms with Crippen molar-refractivity contribution >= 4 is 28.2 Å². The highest BCUT2D eigenvalue weighted by atomic mass is 32.1. The molecule has 0 saturated heterocycles. The summed E-state index contributed by atoms with van der Waals surface area (Å²) in [6.45, 7) is 0. The molecule has 3 rings (SSSR count). The lowest BCUT2D eigenvalue weighted by Gasteiger charge is -2.02. The van der Waals surface area contributed by atoms with Gasteiger partial charge in [0.05, 0.1) is 5.52 Å². The average Bonchev–Trinajstić information content (AvgIpc) is 2.82. The van der Waals surface area contributed by atoms with Gasteiger partial charge in [-0.25, -0.2) is 4.98 Å². The number of para-hydroxylation sites is 1. The number of fused-ring (bicyclic) bond motifs is 1. The molecule has 18 heavy (non-hydrogen) atoms. The van der Waals surface area contributed by atoms with Gasteiger partial charge in [-0.05, 0) is 24.3 Å². The van der Waals surface area contributed by atoms with E-state index >= 15 is 0 Å². The largest absolute Gasteiger partial charge is 0.389 e. The Morgan fingerprint density at radius 2 is 2.00 bits per heavy atom. The highest BCUT2D eigenvalue weighted by molar-refractivity contribution is 7.80. The van der Waals surface area contributed by atoms with Gasteiger partial charge in [-0.3, -0.25) is 0 Å². The molecule has 3 aromatic rings. The van der Waals surface area contributed by atoms with E-state index in [0.717, 1.165) is 16.6 Å². The topological polar surface area (TPSA) is 69.6 Å². The first-order valence-corrected chi connectivity index (χ1v) is 5.73. The number of rotatable bonds is 2. The maximum absolute atomic E-state index is 5.53. The molecule has 0 atom stereocenters. The molecule has 0 spiro atoms. The molecule has 0 aliphatic heterocycles. The fourth-order valence-electron chi connectivity index (χ4n) is 1.70. The van der Waals surface area contributed by atoms with Crippen LogP contribution in [-0.4, -0.2) is 25.0 Å². The van der Waals surface area contributed by atoms with Crippen LogP contribution in [0.2, 0.25) is 0 Å². The lowest BCUT2D eigenvalue weighted by molar-refractivity contribution is 0.801. The van der Waals surface area contributed by atoms with E-state index in [-0.39, 0.29) is 0 Å². The molecule has 0 amide bonds. The van der Waals surface area contributed by atoms with Crippen LogP contribution in [-0.2, 0) is 0 Å². The van der Waals surface area contributed by atoms with Gasteiger partial charge in [0.2, 0.25) is 0 Å². The molecule has 2 aromatic heterocycles. The summed E-state index contributed by atoms with van der Waals surface area (Å²) in [6.07, 6.45) is 1.63. The van der Waals surface area contributed by atoms with Crippen molar-refractivity contribution in [3.63, 3.8) is 0 Å². The monoisotopic (exact) mass is 255 g/mol. The van der Waals surface area contributed by atoms with Crippen molar-refractivity contribution in [2.45, 2.75) is 0 Å². The van der Waals surface area contributed by atoms with Crippen molar-refractivity contribution in [1.82, 2.24) is 20.0 Å². The third-order valence-electron chi connectivity index (χ3n) is 2.60. The Kier molecular flexibility index (Phi) is 2.49. The molecule has 2 N–H and O–H groups in total. The second-order valence-corrected chi connectivity index (χ2v) is 4.20. The standard InChI is InChI=1S/C12H9N5S/c13-12(18)8-5-6-11(14-7-8)17-10-4-2-1-3-9(10)15-16-17/h1-7H,(H2,13,18). The molecule has 0 unspecified atom stereocenters. The van der Waals surface area contributed by atoms with Gasteiger partial charge in [0.15, 0.2) is 5.82 Å². The third kappa shape index (κ3) is 1.72. The molecular weight excluding hydrogens is 246 g/mol. The van der Waals surface area contributed by atoms with Crippen molar-refractivity contribution in [3.8, 4) is 5.82 Å². The fourth-order valence-corrected chi connectivity index (χ4v) is 1.82. The smallest absolute Gasteiger partial charge is 0.155 e. The Bertz CT molecular complexity index is 717. The predicted octanol–water partition coefficient (Wildman–Crippen LogP) is 1.45. The van der Waals surface area contributed by atoms with Gasteiger partial charge in [0.1, 0.15) is 10.5 Å². The molecule has 0 radical (unpaired) electrons. The Morgan fingerprint density at radius 3 is 2.72 bits per heavy atom. The summed E-state index contributed by atoms with van der Waals surface area (Å²) in [5.41, 5.74) is 8.01. The van der Waals surface area contributed by atoms with Gasteiger partial charge in [0, 0.05) is 11.8 Å².